The molecule has 0 unspecified atom stereocenters. The molecule has 2 fully saturated rings. The zero-order chi connectivity index (χ0) is 15.6. The molecule has 5 heteroatoms. The van der Waals surface area contributed by atoms with Crippen LogP contribution in [0.1, 0.15) is 64.6 Å². The van der Waals surface area contributed by atoms with E-state index >= 15 is 0 Å². The lowest BCUT2D eigenvalue weighted by molar-refractivity contribution is 0.0847. The Hall–Kier alpha value is -0.940. The minimum atomic E-state index is -0.0387. The predicted molar refractivity (Wildman–Crippen MR) is 86.7 cm³/mol. The van der Waals surface area contributed by atoms with Crippen molar-refractivity contribution in [1.82, 2.24) is 19.9 Å². The van der Waals surface area contributed by atoms with Crippen LogP contribution in [-0.2, 0) is 12.0 Å². The lowest BCUT2D eigenvalue weighted by Gasteiger charge is -2.39. The van der Waals surface area contributed by atoms with Crippen molar-refractivity contribution in [2.45, 2.75) is 70.9 Å². The summed E-state index contributed by atoms with van der Waals surface area (Å²) in [5.74, 6) is 1.58. The van der Waals surface area contributed by atoms with Crippen molar-refractivity contribution in [3.05, 3.63) is 11.7 Å². The maximum atomic E-state index is 5.42. The summed E-state index contributed by atoms with van der Waals surface area (Å²) in [4.78, 5) is 9.73. The minimum Gasteiger partial charge on any atom is -0.338 e. The van der Waals surface area contributed by atoms with Crippen LogP contribution < -0.4 is 0 Å². The summed E-state index contributed by atoms with van der Waals surface area (Å²) in [7, 11) is 0. The summed E-state index contributed by atoms with van der Waals surface area (Å²) in [5.41, 5.74) is -0.0387. The fourth-order valence-electron chi connectivity index (χ4n) is 3.54. The number of aromatic nitrogens is 2. The highest BCUT2D eigenvalue weighted by atomic mass is 16.5. The highest BCUT2D eigenvalue weighted by molar-refractivity contribution is 5.00. The molecule has 2 aliphatic rings. The summed E-state index contributed by atoms with van der Waals surface area (Å²) in [6.45, 7) is 12.1. The third-order valence-electron chi connectivity index (χ3n) is 4.96. The second-order valence-corrected chi connectivity index (χ2v) is 7.87. The fraction of sp³-hybridized carbons (Fsp3) is 0.882. The smallest absolute Gasteiger partial charge is 0.240 e. The van der Waals surface area contributed by atoms with Gasteiger partial charge in [-0.05, 0) is 38.8 Å². The molecule has 1 aromatic rings. The summed E-state index contributed by atoms with van der Waals surface area (Å²) in [6, 6.07) is 0.796. The molecule has 22 heavy (non-hydrogen) atoms. The second kappa shape index (κ2) is 6.67. The number of rotatable bonds is 3. The third-order valence-corrected chi connectivity index (χ3v) is 4.96. The summed E-state index contributed by atoms with van der Waals surface area (Å²) < 4.78 is 5.42. The molecule has 1 aromatic heterocycles. The number of hydrogen-bond acceptors (Lipinski definition) is 5. The molecule has 2 saturated heterocycles. The summed E-state index contributed by atoms with van der Waals surface area (Å²) in [5, 5.41) is 4.12. The van der Waals surface area contributed by atoms with Crippen molar-refractivity contribution < 1.29 is 4.52 Å². The van der Waals surface area contributed by atoms with Crippen molar-refractivity contribution in [2.24, 2.45) is 0 Å². The largest absolute Gasteiger partial charge is 0.338 e. The predicted octanol–water partition coefficient (Wildman–Crippen LogP) is 2.82. The zero-order valence-corrected chi connectivity index (χ0v) is 14.3. The number of nitrogens with zero attached hydrogens (tertiary/aromatic N) is 4. The molecule has 0 radical (unpaired) electrons. The highest BCUT2D eigenvalue weighted by Crippen LogP contribution is 2.23. The van der Waals surface area contributed by atoms with Crippen LogP contribution in [0.25, 0.3) is 0 Å². The molecule has 0 atom stereocenters. The van der Waals surface area contributed by atoms with Gasteiger partial charge in [0.25, 0.3) is 0 Å². The van der Waals surface area contributed by atoms with Crippen LogP contribution in [0.2, 0.25) is 0 Å². The van der Waals surface area contributed by atoms with Crippen LogP contribution in [0.15, 0.2) is 4.52 Å². The van der Waals surface area contributed by atoms with Gasteiger partial charge in [-0.15, -0.1) is 0 Å². The van der Waals surface area contributed by atoms with Gasteiger partial charge in [-0.1, -0.05) is 32.3 Å². The first-order valence-electron chi connectivity index (χ1n) is 8.82. The Bertz CT molecular complexity index is 465. The van der Waals surface area contributed by atoms with E-state index in [-0.39, 0.29) is 5.41 Å². The van der Waals surface area contributed by atoms with Crippen LogP contribution in [0, 0.1) is 0 Å². The van der Waals surface area contributed by atoms with E-state index in [1.54, 1.807) is 0 Å². The number of hydrogen-bond donors (Lipinski definition) is 0. The Morgan fingerprint density at radius 2 is 1.73 bits per heavy atom. The third kappa shape index (κ3) is 3.87. The van der Waals surface area contributed by atoms with E-state index in [0.29, 0.717) is 0 Å². The van der Waals surface area contributed by atoms with Gasteiger partial charge in [-0.3, -0.25) is 4.90 Å². The Morgan fingerprint density at radius 1 is 1.05 bits per heavy atom. The van der Waals surface area contributed by atoms with Gasteiger partial charge < -0.3 is 9.42 Å². The molecule has 3 rings (SSSR count). The van der Waals surface area contributed by atoms with Crippen molar-refractivity contribution in [3.63, 3.8) is 0 Å². The maximum absolute atomic E-state index is 5.42. The second-order valence-electron chi connectivity index (χ2n) is 7.87. The molecule has 0 N–H and O–H groups in total. The van der Waals surface area contributed by atoms with Crippen LogP contribution in [0.5, 0.6) is 0 Å². The van der Waals surface area contributed by atoms with E-state index in [0.717, 1.165) is 37.4 Å². The molecule has 0 aromatic carbocycles. The monoisotopic (exact) mass is 306 g/mol. The lowest BCUT2D eigenvalue weighted by Crippen LogP contribution is -2.46. The molecular weight excluding hydrogens is 276 g/mol. The van der Waals surface area contributed by atoms with Crippen molar-refractivity contribution in [1.29, 1.82) is 0 Å². The molecule has 5 nitrogen and oxygen atoms in total. The van der Waals surface area contributed by atoms with E-state index in [1.807, 2.05) is 0 Å². The Labute approximate surface area is 134 Å². The average Bonchev–Trinajstić information content (AvgIpc) is 2.98. The van der Waals surface area contributed by atoms with E-state index in [9.17, 15) is 0 Å². The SMILES string of the molecule is CC(C)(C)c1noc(CN2CCC(N3CCCCC3)CC2)n1. The van der Waals surface area contributed by atoms with E-state index in [4.69, 9.17) is 4.52 Å². The molecule has 0 saturated carbocycles. The number of likely N-dealkylation sites (tertiary alicyclic amines) is 2. The molecule has 0 aliphatic carbocycles. The van der Waals surface area contributed by atoms with Crippen molar-refractivity contribution in [2.75, 3.05) is 26.2 Å². The molecule has 0 amide bonds. The van der Waals surface area contributed by atoms with Gasteiger partial charge in [0.15, 0.2) is 5.82 Å². The lowest BCUT2D eigenvalue weighted by atomic mass is 9.96. The van der Waals surface area contributed by atoms with Gasteiger partial charge in [-0.2, -0.15) is 4.98 Å². The van der Waals surface area contributed by atoms with Gasteiger partial charge in [-0.25, -0.2) is 0 Å². The zero-order valence-electron chi connectivity index (χ0n) is 14.3. The van der Waals surface area contributed by atoms with Gasteiger partial charge in [0.05, 0.1) is 6.54 Å². The molecule has 2 aliphatic heterocycles. The maximum Gasteiger partial charge on any atom is 0.240 e. The molecule has 124 valence electrons. The van der Waals surface area contributed by atoms with E-state index in [1.165, 1.54) is 45.2 Å². The van der Waals surface area contributed by atoms with Gasteiger partial charge >= 0.3 is 0 Å². The standard InChI is InChI=1S/C17H30N4O/c1-17(2,3)16-18-15(22-19-16)13-20-11-7-14(8-12-20)21-9-5-4-6-10-21/h14H,4-13H2,1-3H3. The van der Waals surface area contributed by atoms with Gasteiger partial charge in [0, 0.05) is 24.5 Å². The highest BCUT2D eigenvalue weighted by Gasteiger charge is 2.27. The average molecular weight is 306 g/mol. The molecule has 3 heterocycles. The molecular formula is C17H30N4O. The first-order chi connectivity index (χ1) is 10.5. The van der Waals surface area contributed by atoms with E-state index in [2.05, 4.69) is 40.7 Å². The van der Waals surface area contributed by atoms with Crippen LogP contribution >= 0.6 is 0 Å². The topological polar surface area (TPSA) is 45.4 Å². The Morgan fingerprint density at radius 3 is 2.32 bits per heavy atom. The summed E-state index contributed by atoms with van der Waals surface area (Å²) >= 11 is 0. The number of piperidine rings is 2. The van der Waals surface area contributed by atoms with Crippen LogP contribution in [0.3, 0.4) is 0 Å². The van der Waals surface area contributed by atoms with Crippen molar-refractivity contribution in [3.8, 4) is 0 Å². The fourth-order valence-corrected chi connectivity index (χ4v) is 3.54. The normalized spacial score (nSPS) is 23.0. The van der Waals surface area contributed by atoms with Crippen LogP contribution in [0.4, 0.5) is 0 Å². The van der Waals surface area contributed by atoms with Gasteiger partial charge in [0.1, 0.15) is 0 Å². The Balaban J connectivity index is 1.48. The minimum absolute atomic E-state index is 0.0387. The van der Waals surface area contributed by atoms with E-state index < -0.39 is 0 Å². The van der Waals surface area contributed by atoms with Gasteiger partial charge in [0.2, 0.25) is 5.89 Å². The quantitative estimate of drug-likeness (QED) is 0.859. The Kier molecular flexibility index (Phi) is 4.83. The van der Waals surface area contributed by atoms with Crippen LogP contribution in [-0.4, -0.2) is 52.2 Å². The first-order valence-corrected chi connectivity index (χ1v) is 8.82. The summed E-state index contributed by atoms with van der Waals surface area (Å²) in [6.07, 6.45) is 6.75. The first kappa shape index (κ1) is 15.9. The molecule has 0 spiro atoms. The van der Waals surface area contributed by atoms with Crippen molar-refractivity contribution >= 4 is 0 Å². The molecule has 0 bridgehead atoms.